The molecule has 0 radical (unpaired) electrons. The summed E-state index contributed by atoms with van der Waals surface area (Å²) in [5, 5.41) is 0. The largest absolute Gasteiger partial charge is 0.409 e. The van der Waals surface area contributed by atoms with E-state index < -0.39 is 8.32 Å². The summed E-state index contributed by atoms with van der Waals surface area (Å²) >= 11 is 0. The van der Waals surface area contributed by atoms with Gasteiger partial charge in [-0.2, -0.15) is 0 Å². The second-order valence-electron chi connectivity index (χ2n) is 10.5. The summed E-state index contributed by atoms with van der Waals surface area (Å²) in [6.45, 7) is 14.4. The van der Waals surface area contributed by atoms with Gasteiger partial charge < -0.3 is 9.16 Å². The number of carbonyl (C=O) groups excluding carboxylic acids is 1. The zero-order chi connectivity index (χ0) is 19.2. The van der Waals surface area contributed by atoms with Crippen molar-refractivity contribution in [3.05, 3.63) is 12.2 Å². The Morgan fingerprint density at radius 3 is 2.69 bits per heavy atom. The molecule has 0 amide bonds. The van der Waals surface area contributed by atoms with Crippen LogP contribution in [0.15, 0.2) is 12.2 Å². The normalized spacial score (nSPS) is 41.5. The van der Waals surface area contributed by atoms with Crippen LogP contribution in [0.4, 0.5) is 0 Å². The fourth-order valence-corrected chi connectivity index (χ4v) is 7.58. The smallest absolute Gasteiger partial charge is 0.184 e. The van der Waals surface area contributed by atoms with Crippen molar-refractivity contribution in [2.24, 2.45) is 23.2 Å². The van der Waals surface area contributed by atoms with E-state index in [0.29, 0.717) is 23.5 Å². The highest BCUT2D eigenvalue weighted by atomic mass is 28.4. The Hall–Kier alpha value is -0.453. The van der Waals surface area contributed by atoms with Gasteiger partial charge in [0.2, 0.25) is 0 Å². The molecule has 1 unspecified atom stereocenters. The molecule has 0 spiro atoms. The SMILES string of the molecule is C[C@@H](CO[C@H]1C=C[C@@](C)(O[Si](C)(C)C)C1)[C@H]1CCC2C(=O)CCC[C@@]21C. The molecule has 0 N–H and O–H groups in total. The number of carbonyl (C=O) groups is 1. The van der Waals surface area contributed by atoms with Crippen LogP contribution in [-0.2, 0) is 14.0 Å². The van der Waals surface area contributed by atoms with E-state index in [0.717, 1.165) is 32.3 Å². The van der Waals surface area contributed by atoms with Gasteiger partial charge in [0.05, 0.1) is 18.3 Å². The molecule has 2 saturated carbocycles. The third-order valence-corrected chi connectivity index (χ3v) is 8.08. The van der Waals surface area contributed by atoms with Crippen LogP contribution in [0.5, 0.6) is 0 Å². The van der Waals surface area contributed by atoms with Crippen LogP contribution in [0.1, 0.15) is 59.3 Å². The molecule has 4 heteroatoms. The Morgan fingerprint density at radius 2 is 2.00 bits per heavy atom. The van der Waals surface area contributed by atoms with Gasteiger partial charge >= 0.3 is 0 Å². The van der Waals surface area contributed by atoms with Crippen molar-refractivity contribution < 1.29 is 14.0 Å². The van der Waals surface area contributed by atoms with E-state index in [-0.39, 0.29) is 17.1 Å². The second kappa shape index (κ2) is 7.18. The lowest BCUT2D eigenvalue weighted by Crippen LogP contribution is -2.40. The number of fused-ring (bicyclic) bond motifs is 1. The molecule has 26 heavy (non-hydrogen) atoms. The predicted molar refractivity (Wildman–Crippen MR) is 109 cm³/mol. The molecule has 3 rings (SSSR count). The lowest BCUT2D eigenvalue weighted by molar-refractivity contribution is -0.130. The number of hydrogen-bond acceptors (Lipinski definition) is 3. The van der Waals surface area contributed by atoms with E-state index in [4.69, 9.17) is 9.16 Å². The highest BCUT2D eigenvalue weighted by Gasteiger charge is 2.52. The van der Waals surface area contributed by atoms with Crippen molar-refractivity contribution >= 4 is 14.1 Å². The van der Waals surface area contributed by atoms with Crippen molar-refractivity contribution in [3.63, 3.8) is 0 Å². The summed E-state index contributed by atoms with van der Waals surface area (Å²) in [5.41, 5.74) is 0.0394. The number of ketones is 1. The summed E-state index contributed by atoms with van der Waals surface area (Å²) < 4.78 is 12.7. The van der Waals surface area contributed by atoms with E-state index in [2.05, 4.69) is 52.6 Å². The van der Waals surface area contributed by atoms with E-state index in [1.807, 2.05) is 0 Å². The molecule has 0 heterocycles. The van der Waals surface area contributed by atoms with Crippen molar-refractivity contribution in [3.8, 4) is 0 Å². The number of ether oxygens (including phenoxy) is 1. The molecule has 0 aliphatic heterocycles. The summed E-state index contributed by atoms with van der Waals surface area (Å²) in [5.74, 6) is 1.96. The Kier molecular flexibility index (Phi) is 5.60. The highest BCUT2D eigenvalue weighted by molar-refractivity contribution is 6.69. The second-order valence-corrected chi connectivity index (χ2v) is 14.9. The lowest BCUT2D eigenvalue weighted by atomic mass is 9.62. The standard InChI is InChI=1S/C22H38O3Si/c1-16(18-9-10-19-20(23)8-7-12-22(18,19)3)15-24-17-11-13-21(2,14-17)25-26(4,5)6/h11,13,16-19H,7-10,12,14-15H2,1-6H3/t16-,17-,18+,19?,21+,22+/m0/s1. The minimum absolute atomic E-state index is 0.164. The predicted octanol–water partition coefficient (Wildman–Crippen LogP) is 5.36. The van der Waals surface area contributed by atoms with E-state index in [1.165, 1.54) is 12.8 Å². The Labute approximate surface area is 161 Å². The number of rotatable bonds is 6. The Bertz CT molecular complexity index is 566. The summed E-state index contributed by atoms with van der Waals surface area (Å²) in [7, 11) is -1.56. The summed E-state index contributed by atoms with van der Waals surface area (Å²) in [6, 6.07) is 0. The molecule has 0 aromatic rings. The average molecular weight is 379 g/mol. The first-order chi connectivity index (χ1) is 12.0. The van der Waals surface area contributed by atoms with Crippen molar-refractivity contribution in [2.45, 2.75) is 90.6 Å². The maximum Gasteiger partial charge on any atom is 0.184 e. The van der Waals surface area contributed by atoms with Crippen LogP contribution < -0.4 is 0 Å². The minimum atomic E-state index is -1.56. The highest BCUT2D eigenvalue weighted by Crippen LogP contribution is 2.56. The molecular formula is C22H38O3Si. The van der Waals surface area contributed by atoms with Gasteiger partial charge in [0.25, 0.3) is 0 Å². The van der Waals surface area contributed by atoms with Crippen LogP contribution in [-0.4, -0.2) is 32.4 Å². The third-order valence-electron chi connectivity index (χ3n) is 7.01. The molecule has 0 aromatic heterocycles. The fourth-order valence-electron chi connectivity index (χ4n) is 6.03. The third kappa shape index (κ3) is 4.17. The quantitative estimate of drug-likeness (QED) is 0.461. The molecule has 0 aromatic carbocycles. The van der Waals surface area contributed by atoms with Gasteiger partial charge in [-0.05, 0) is 69.5 Å². The van der Waals surface area contributed by atoms with Gasteiger partial charge in [0.1, 0.15) is 5.78 Å². The van der Waals surface area contributed by atoms with Gasteiger partial charge in [-0.3, -0.25) is 4.79 Å². The number of hydrogen-bond donors (Lipinski definition) is 0. The zero-order valence-corrected chi connectivity index (χ0v) is 18.6. The first kappa shape index (κ1) is 20.3. The van der Waals surface area contributed by atoms with Gasteiger partial charge in [0, 0.05) is 18.8 Å². The zero-order valence-electron chi connectivity index (χ0n) is 17.6. The molecule has 3 aliphatic rings. The summed E-state index contributed by atoms with van der Waals surface area (Å²) in [6.07, 6.45) is 10.9. The van der Waals surface area contributed by atoms with Gasteiger partial charge in [0.15, 0.2) is 8.32 Å². The van der Waals surface area contributed by atoms with Gasteiger partial charge in [-0.25, -0.2) is 0 Å². The molecule has 6 atom stereocenters. The lowest BCUT2D eigenvalue weighted by Gasteiger charge is -2.42. The first-order valence-corrected chi connectivity index (χ1v) is 14.0. The Morgan fingerprint density at radius 1 is 1.27 bits per heavy atom. The Balaban J connectivity index is 1.53. The van der Waals surface area contributed by atoms with E-state index in [1.54, 1.807) is 0 Å². The minimum Gasteiger partial charge on any atom is -0.409 e. The molecule has 2 fully saturated rings. The molecule has 3 nitrogen and oxygen atoms in total. The monoisotopic (exact) mass is 378 g/mol. The fraction of sp³-hybridized carbons (Fsp3) is 0.864. The van der Waals surface area contributed by atoms with Gasteiger partial charge in [-0.1, -0.05) is 26.0 Å². The molecule has 0 saturated heterocycles. The maximum atomic E-state index is 12.4. The summed E-state index contributed by atoms with van der Waals surface area (Å²) in [4.78, 5) is 12.4. The van der Waals surface area contributed by atoms with Crippen LogP contribution in [0.3, 0.4) is 0 Å². The average Bonchev–Trinajstić information content (AvgIpc) is 3.04. The number of Topliss-reactive ketones (excluding diaryl/α,β-unsaturated/α-hetero) is 1. The first-order valence-electron chi connectivity index (χ1n) is 10.6. The molecule has 3 aliphatic carbocycles. The van der Waals surface area contributed by atoms with Crippen molar-refractivity contribution in [2.75, 3.05) is 6.61 Å². The molecular weight excluding hydrogens is 340 g/mol. The topological polar surface area (TPSA) is 35.5 Å². The van der Waals surface area contributed by atoms with Crippen LogP contribution in [0, 0.1) is 23.2 Å². The van der Waals surface area contributed by atoms with E-state index in [9.17, 15) is 4.79 Å². The van der Waals surface area contributed by atoms with Crippen LogP contribution in [0.2, 0.25) is 19.6 Å². The molecule has 0 bridgehead atoms. The van der Waals surface area contributed by atoms with Crippen LogP contribution in [0.25, 0.3) is 0 Å². The molecule has 148 valence electrons. The van der Waals surface area contributed by atoms with Crippen LogP contribution >= 0.6 is 0 Å². The van der Waals surface area contributed by atoms with E-state index >= 15 is 0 Å². The van der Waals surface area contributed by atoms with Crippen molar-refractivity contribution in [1.29, 1.82) is 0 Å². The van der Waals surface area contributed by atoms with Gasteiger partial charge in [-0.15, -0.1) is 0 Å². The van der Waals surface area contributed by atoms with Crippen molar-refractivity contribution in [1.82, 2.24) is 0 Å². The maximum absolute atomic E-state index is 12.4.